The van der Waals surface area contributed by atoms with E-state index >= 15 is 0 Å². The third-order valence-electron chi connectivity index (χ3n) is 1.19. The van der Waals surface area contributed by atoms with Crippen molar-refractivity contribution >= 4 is 12.4 Å². The van der Waals surface area contributed by atoms with E-state index in [1.54, 1.807) is 0 Å². The van der Waals surface area contributed by atoms with Crippen LogP contribution in [0.1, 0.15) is 17.3 Å². The van der Waals surface area contributed by atoms with E-state index in [2.05, 4.69) is 4.98 Å². The molecule has 0 aliphatic carbocycles. The highest BCUT2D eigenvalue weighted by molar-refractivity contribution is 5.85. The van der Waals surface area contributed by atoms with Gasteiger partial charge in [-0.15, -0.1) is 12.4 Å². The summed E-state index contributed by atoms with van der Waals surface area (Å²) in [6, 6.07) is 0. The van der Waals surface area contributed by atoms with E-state index in [4.69, 9.17) is 10.2 Å². The van der Waals surface area contributed by atoms with Crippen LogP contribution >= 0.6 is 12.4 Å². The lowest BCUT2D eigenvalue weighted by atomic mass is 10.4. The molecule has 1 heterocycles. The lowest BCUT2D eigenvalue weighted by molar-refractivity contribution is 0.493. The summed E-state index contributed by atoms with van der Waals surface area (Å²) in [5.74, 6) is 1.52. The molecule has 0 radical (unpaired) electrons. The molecule has 0 aliphatic heterocycles. The Morgan fingerprint density at radius 3 is 2.30 bits per heavy atom. The van der Waals surface area contributed by atoms with Crippen molar-refractivity contribution in [2.45, 2.75) is 20.4 Å². The molecule has 3 nitrogen and oxygen atoms in total. The molecule has 0 unspecified atom stereocenters. The zero-order valence-corrected chi connectivity index (χ0v) is 6.86. The van der Waals surface area contributed by atoms with E-state index in [1.165, 1.54) is 0 Å². The monoisotopic (exact) mass is 162 g/mol. The maximum Gasteiger partial charge on any atom is 0.191 e. The van der Waals surface area contributed by atoms with Crippen LogP contribution in [0.3, 0.4) is 0 Å². The van der Waals surface area contributed by atoms with Gasteiger partial charge in [0.2, 0.25) is 0 Å². The molecule has 2 N–H and O–H groups in total. The Balaban J connectivity index is 0.000000810. The van der Waals surface area contributed by atoms with Crippen LogP contribution in [-0.2, 0) is 6.54 Å². The average molecular weight is 163 g/mol. The molecule has 58 valence electrons. The summed E-state index contributed by atoms with van der Waals surface area (Å²) in [7, 11) is 0. The first-order valence-corrected chi connectivity index (χ1v) is 2.87. The van der Waals surface area contributed by atoms with Crippen LogP contribution in [0.2, 0.25) is 0 Å². The molecule has 0 fully saturated rings. The second-order valence-corrected chi connectivity index (χ2v) is 1.94. The third-order valence-corrected chi connectivity index (χ3v) is 1.19. The zero-order valence-electron chi connectivity index (χ0n) is 6.05. The van der Waals surface area contributed by atoms with Crippen molar-refractivity contribution in [3.05, 3.63) is 17.3 Å². The second-order valence-electron chi connectivity index (χ2n) is 1.94. The Morgan fingerprint density at radius 2 is 2.10 bits per heavy atom. The molecule has 1 rings (SSSR count). The Hall–Kier alpha value is -0.540. The molecule has 0 amide bonds. The summed E-state index contributed by atoms with van der Waals surface area (Å²) in [5, 5.41) is 0. The molecule has 0 spiro atoms. The van der Waals surface area contributed by atoms with Crippen LogP contribution in [0, 0.1) is 13.8 Å². The molecular weight excluding hydrogens is 152 g/mol. The Morgan fingerprint density at radius 1 is 1.50 bits per heavy atom. The van der Waals surface area contributed by atoms with Crippen LogP contribution in [0.5, 0.6) is 0 Å². The molecule has 0 aliphatic rings. The maximum absolute atomic E-state index is 5.34. The van der Waals surface area contributed by atoms with Gasteiger partial charge in [-0.25, -0.2) is 4.98 Å². The van der Waals surface area contributed by atoms with Gasteiger partial charge < -0.3 is 10.2 Å². The number of oxazole rings is 1. The predicted octanol–water partition coefficient (Wildman–Crippen LogP) is 1.17. The minimum atomic E-state index is 0. The van der Waals surface area contributed by atoms with Gasteiger partial charge in [0.15, 0.2) is 5.89 Å². The molecule has 0 saturated carbocycles. The first-order valence-electron chi connectivity index (χ1n) is 2.87. The van der Waals surface area contributed by atoms with Crippen molar-refractivity contribution in [3.8, 4) is 0 Å². The predicted molar refractivity (Wildman–Crippen MR) is 41.1 cm³/mol. The summed E-state index contributed by atoms with van der Waals surface area (Å²) in [4.78, 5) is 4.04. The van der Waals surface area contributed by atoms with Gasteiger partial charge in [0.25, 0.3) is 0 Å². The number of rotatable bonds is 1. The quantitative estimate of drug-likeness (QED) is 0.675. The summed E-state index contributed by atoms with van der Waals surface area (Å²) < 4.78 is 5.11. The average Bonchev–Trinajstić information content (AvgIpc) is 2.10. The van der Waals surface area contributed by atoms with E-state index < -0.39 is 0 Å². The molecule has 1 aromatic rings. The van der Waals surface area contributed by atoms with Crippen LogP contribution in [0.25, 0.3) is 0 Å². The number of aryl methyl sites for hydroxylation is 2. The molecule has 1 aromatic heterocycles. The molecular formula is C6H11ClN2O. The summed E-state index contributed by atoms with van der Waals surface area (Å²) in [6.07, 6.45) is 0. The van der Waals surface area contributed by atoms with E-state index in [1.807, 2.05) is 13.8 Å². The molecule has 10 heavy (non-hydrogen) atoms. The maximum atomic E-state index is 5.34. The number of nitrogens with zero attached hydrogens (tertiary/aromatic N) is 1. The van der Waals surface area contributed by atoms with Crippen molar-refractivity contribution in [2.24, 2.45) is 5.73 Å². The largest absolute Gasteiger partial charge is 0.446 e. The van der Waals surface area contributed by atoms with E-state index in [0.717, 1.165) is 11.5 Å². The van der Waals surface area contributed by atoms with Gasteiger partial charge >= 0.3 is 0 Å². The SMILES string of the molecule is Cc1nc(CN)c(C)o1.Cl. The van der Waals surface area contributed by atoms with Gasteiger partial charge in [-0.1, -0.05) is 0 Å². The Labute approximate surface area is 66.0 Å². The highest BCUT2D eigenvalue weighted by atomic mass is 35.5. The van der Waals surface area contributed by atoms with Gasteiger partial charge in [-0.3, -0.25) is 0 Å². The fourth-order valence-electron chi connectivity index (χ4n) is 0.761. The summed E-state index contributed by atoms with van der Waals surface area (Å²) in [5.41, 5.74) is 6.20. The zero-order chi connectivity index (χ0) is 6.85. The van der Waals surface area contributed by atoms with Crippen LogP contribution in [0.4, 0.5) is 0 Å². The molecule has 0 bridgehead atoms. The topological polar surface area (TPSA) is 52.0 Å². The van der Waals surface area contributed by atoms with E-state index in [9.17, 15) is 0 Å². The highest BCUT2D eigenvalue weighted by Crippen LogP contribution is 2.06. The summed E-state index contributed by atoms with van der Waals surface area (Å²) >= 11 is 0. The van der Waals surface area contributed by atoms with E-state index in [0.29, 0.717) is 12.4 Å². The number of aromatic nitrogens is 1. The van der Waals surface area contributed by atoms with Crippen molar-refractivity contribution in [1.82, 2.24) is 4.98 Å². The fraction of sp³-hybridized carbons (Fsp3) is 0.500. The van der Waals surface area contributed by atoms with Crippen LogP contribution < -0.4 is 5.73 Å². The standard InChI is InChI=1S/C6H10N2O.ClH/c1-4-6(3-7)8-5(2)9-4;/h3,7H2,1-2H3;1H. The minimum absolute atomic E-state index is 0. The van der Waals surface area contributed by atoms with Gasteiger partial charge in [0.1, 0.15) is 5.76 Å². The van der Waals surface area contributed by atoms with Crippen LogP contribution in [0.15, 0.2) is 4.42 Å². The van der Waals surface area contributed by atoms with Gasteiger partial charge in [0.05, 0.1) is 5.69 Å². The highest BCUT2D eigenvalue weighted by Gasteiger charge is 2.01. The smallest absolute Gasteiger partial charge is 0.191 e. The number of nitrogens with two attached hydrogens (primary N) is 1. The molecule has 4 heteroatoms. The van der Waals surface area contributed by atoms with Gasteiger partial charge in [-0.05, 0) is 6.92 Å². The molecule has 0 saturated heterocycles. The Bertz CT molecular complexity index is 210. The first kappa shape index (κ1) is 9.46. The minimum Gasteiger partial charge on any atom is -0.446 e. The lowest BCUT2D eigenvalue weighted by Gasteiger charge is -1.84. The van der Waals surface area contributed by atoms with Crippen molar-refractivity contribution < 1.29 is 4.42 Å². The number of hydrogen-bond donors (Lipinski definition) is 1. The van der Waals surface area contributed by atoms with Crippen molar-refractivity contribution in [2.75, 3.05) is 0 Å². The molecule has 0 aromatic carbocycles. The van der Waals surface area contributed by atoms with E-state index in [-0.39, 0.29) is 12.4 Å². The Kier molecular flexibility index (Phi) is 3.39. The number of halogens is 1. The summed E-state index contributed by atoms with van der Waals surface area (Å²) in [6.45, 7) is 4.14. The van der Waals surface area contributed by atoms with Crippen molar-refractivity contribution in [3.63, 3.8) is 0 Å². The van der Waals surface area contributed by atoms with Crippen molar-refractivity contribution in [1.29, 1.82) is 0 Å². The van der Waals surface area contributed by atoms with Gasteiger partial charge in [0, 0.05) is 13.5 Å². The lowest BCUT2D eigenvalue weighted by Crippen LogP contribution is -1.97. The number of hydrogen-bond acceptors (Lipinski definition) is 3. The normalized spacial score (nSPS) is 9.10. The fourth-order valence-corrected chi connectivity index (χ4v) is 0.761. The first-order chi connectivity index (χ1) is 4.24. The third kappa shape index (κ3) is 1.72. The second kappa shape index (κ2) is 3.58. The van der Waals surface area contributed by atoms with Gasteiger partial charge in [-0.2, -0.15) is 0 Å². The molecule has 0 atom stereocenters. The van der Waals surface area contributed by atoms with Crippen LogP contribution in [-0.4, -0.2) is 4.98 Å².